The molecule has 1 atom stereocenters. The van der Waals surface area contributed by atoms with Crippen molar-refractivity contribution in [3.63, 3.8) is 0 Å². The van der Waals surface area contributed by atoms with Crippen LogP contribution < -0.4 is 10.5 Å². The van der Waals surface area contributed by atoms with Gasteiger partial charge in [0.1, 0.15) is 5.75 Å². The number of fused-ring (bicyclic) bond motifs is 2. The van der Waals surface area contributed by atoms with E-state index in [0.717, 1.165) is 49.4 Å². The molecule has 2 heterocycles. The maximum atomic E-state index is 6.47. The van der Waals surface area contributed by atoms with Crippen LogP contribution in [0.1, 0.15) is 56.9 Å². The molecule has 1 spiro atoms. The van der Waals surface area contributed by atoms with Gasteiger partial charge in [0.05, 0.1) is 6.61 Å². The molecule has 4 rings (SSSR count). The number of nitrogens with two attached hydrogens (primary N) is 1. The highest BCUT2D eigenvalue weighted by Crippen LogP contribution is 2.46. The Bertz CT molecular complexity index is 592. The van der Waals surface area contributed by atoms with Crippen molar-refractivity contribution in [1.29, 1.82) is 0 Å². The van der Waals surface area contributed by atoms with Crippen LogP contribution in [-0.4, -0.2) is 37.2 Å². The molecule has 0 bridgehead atoms. The summed E-state index contributed by atoms with van der Waals surface area (Å²) >= 11 is 6.28. The molecule has 1 saturated carbocycles. The Morgan fingerprint density at radius 3 is 2.72 bits per heavy atom. The van der Waals surface area contributed by atoms with Crippen LogP contribution in [0, 0.1) is 5.92 Å². The predicted molar refractivity (Wildman–Crippen MR) is 103 cm³/mol. The molecule has 138 valence electrons. The molecule has 0 aromatic heterocycles. The normalized spacial score (nSPS) is 24.9. The van der Waals surface area contributed by atoms with E-state index in [4.69, 9.17) is 22.1 Å². The van der Waals surface area contributed by atoms with E-state index in [1.807, 2.05) is 12.1 Å². The summed E-state index contributed by atoms with van der Waals surface area (Å²) in [7, 11) is 0. The third-order valence-electron chi connectivity index (χ3n) is 6.77. The van der Waals surface area contributed by atoms with E-state index in [2.05, 4.69) is 11.0 Å². The van der Waals surface area contributed by atoms with Gasteiger partial charge in [-0.05, 0) is 62.9 Å². The van der Waals surface area contributed by atoms with E-state index in [1.165, 1.54) is 50.5 Å². The predicted octanol–water partition coefficient (Wildman–Crippen LogP) is 4.36. The van der Waals surface area contributed by atoms with Crippen LogP contribution in [0.4, 0.5) is 0 Å². The molecule has 1 aromatic rings. The van der Waals surface area contributed by atoms with Crippen molar-refractivity contribution >= 4 is 11.6 Å². The molecule has 0 radical (unpaired) electrons. The molecule has 0 unspecified atom stereocenters. The first-order valence-electron chi connectivity index (χ1n) is 10.1. The summed E-state index contributed by atoms with van der Waals surface area (Å²) in [5.74, 6) is 1.93. The molecule has 3 aliphatic rings. The monoisotopic (exact) mass is 362 g/mol. The molecular weight excluding hydrogens is 332 g/mol. The standard InChI is InChI=1S/C21H31ClN2O/c22-17-5-6-20-19(14-17)21(9-12-25-20)7-10-24(11-8-21)15-18(23)13-16-3-1-2-4-16/h5-6,14,16,18H,1-4,7-13,15,23H2/t18-/m0/s1. The Hall–Kier alpha value is -0.770. The summed E-state index contributed by atoms with van der Waals surface area (Å²) in [4.78, 5) is 2.59. The van der Waals surface area contributed by atoms with Gasteiger partial charge in [-0.2, -0.15) is 0 Å². The van der Waals surface area contributed by atoms with E-state index < -0.39 is 0 Å². The first-order valence-corrected chi connectivity index (χ1v) is 10.4. The number of nitrogens with zero attached hydrogens (tertiary/aromatic N) is 1. The van der Waals surface area contributed by atoms with E-state index in [1.54, 1.807) is 0 Å². The Labute approximate surface area is 156 Å². The van der Waals surface area contributed by atoms with Gasteiger partial charge in [0, 0.05) is 28.6 Å². The van der Waals surface area contributed by atoms with Gasteiger partial charge in [-0.3, -0.25) is 0 Å². The summed E-state index contributed by atoms with van der Waals surface area (Å²) in [5, 5.41) is 0.824. The third-order valence-corrected chi connectivity index (χ3v) is 7.00. The number of piperidine rings is 1. The average Bonchev–Trinajstić information content (AvgIpc) is 3.11. The quantitative estimate of drug-likeness (QED) is 0.864. The number of hydrogen-bond donors (Lipinski definition) is 1. The third kappa shape index (κ3) is 3.84. The number of rotatable bonds is 4. The summed E-state index contributed by atoms with van der Waals surface area (Å²) in [6.07, 6.45) is 10.3. The van der Waals surface area contributed by atoms with Crippen LogP contribution in [0.25, 0.3) is 0 Å². The van der Waals surface area contributed by atoms with Crippen molar-refractivity contribution in [1.82, 2.24) is 4.90 Å². The lowest BCUT2D eigenvalue weighted by atomic mass is 9.69. The number of halogens is 1. The molecule has 2 aliphatic heterocycles. The molecule has 0 amide bonds. The van der Waals surface area contributed by atoms with E-state index in [-0.39, 0.29) is 5.41 Å². The van der Waals surface area contributed by atoms with Crippen molar-refractivity contribution < 1.29 is 4.74 Å². The first kappa shape index (κ1) is 17.6. The second kappa shape index (κ2) is 7.46. The molecule has 2 fully saturated rings. The minimum atomic E-state index is 0.254. The van der Waals surface area contributed by atoms with Crippen LogP contribution in [0.15, 0.2) is 18.2 Å². The Kier molecular flexibility index (Phi) is 5.26. The van der Waals surface area contributed by atoms with Crippen LogP contribution in [0.3, 0.4) is 0 Å². The highest BCUT2D eigenvalue weighted by Gasteiger charge is 2.40. The molecule has 1 aromatic carbocycles. The maximum absolute atomic E-state index is 6.47. The van der Waals surface area contributed by atoms with E-state index in [0.29, 0.717) is 6.04 Å². The average molecular weight is 363 g/mol. The van der Waals surface area contributed by atoms with Crippen molar-refractivity contribution in [2.24, 2.45) is 11.7 Å². The molecule has 3 nitrogen and oxygen atoms in total. The van der Waals surface area contributed by atoms with Crippen molar-refractivity contribution in [2.45, 2.75) is 62.8 Å². The summed E-state index contributed by atoms with van der Waals surface area (Å²) in [6.45, 7) is 4.18. The van der Waals surface area contributed by atoms with Gasteiger partial charge in [-0.15, -0.1) is 0 Å². The number of ether oxygens (including phenoxy) is 1. The van der Waals surface area contributed by atoms with Gasteiger partial charge in [-0.25, -0.2) is 0 Å². The minimum absolute atomic E-state index is 0.254. The van der Waals surface area contributed by atoms with Gasteiger partial charge in [0.2, 0.25) is 0 Å². The minimum Gasteiger partial charge on any atom is -0.493 e. The number of likely N-dealkylation sites (tertiary alicyclic amines) is 1. The molecule has 1 aliphatic carbocycles. The van der Waals surface area contributed by atoms with E-state index >= 15 is 0 Å². The molecule has 4 heteroatoms. The zero-order chi connectivity index (χ0) is 17.3. The molecule has 1 saturated heterocycles. The smallest absolute Gasteiger partial charge is 0.123 e. The zero-order valence-electron chi connectivity index (χ0n) is 15.2. The highest BCUT2D eigenvalue weighted by atomic mass is 35.5. The summed E-state index contributed by atoms with van der Waals surface area (Å²) in [6, 6.07) is 6.46. The fraction of sp³-hybridized carbons (Fsp3) is 0.714. The van der Waals surface area contributed by atoms with Gasteiger partial charge in [0.25, 0.3) is 0 Å². The fourth-order valence-corrected chi connectivity index (χ4v) is 5.47. The SMILES string of the molecule is N[C@@H](CC1CCCC1)CN1CCC2(CCOc3ccc(Cl)cc32)CC1. The second-order valence-electron chi connectivity index (χ2n) is 8.47. The van der Waals surface area contributed by atoms with Crippen molar-refractivity contribution in [2.75, 3.05) is 26.2 Å². The Morgan fingerprint density at radius 1 is 1.20 bits per heavy atom. The lowest BCUT2D eigenvalue weighted by Crippen LogP contribution is -2.48. The van der Waals surface area contributed by atoms with Gasteiger partial charge < -0.3 is 15.4 Å². The lowest BCUT2D eigenvalue weighted by molar-refractivity contribution is 0.110. The van der Waals surface area contributed by atoms with Crippen molar-refractivity contribution in [3.05, 3.63) is 28.8 Å². The van der Waals surface area contributed by atoms with Crippen LogP contribution in [0.5, 0.6) is 5.75 Å². The summed E-state index contributed by atoms with van der Waals surface area (Å²) < 4.78 is 5.88. The van der Waals surface area contributed by atoms with Gasteiger partial charge in [0.15, 0.2) is 0 Å². The molecule has 25 heavy (non-hydrogen) atoms. The van der Waals surface area contributed by atoms with Gasteiger partial charge >= 0.3 is 0 Å². The van der Waals surface area contributed by atoms with E-state index in [9.17, 15) is 0 Å². The fourth-order valence-electron chi connectivity index (χ4n) is 5.30. The number of hydrogen-bond acceptors (Lipinski definition) is 3. The first-order chi connectivity index (χ1) is 12.1. The lowest BCUT2D eigenvalue weighted by Gasteiger charge is -2.45. The van der Waals surface area contributed by atoms with Crippen molar-refractivity contribution in [3.8, 4) is 5.75 Å². The van der Waals surface area contributed by atoms with Crippen LogP contribution in [-0.2, 0) is 5.41 Å². The zero-order valence-corrected chi connectivity index (χ0v) is 15.9. The Morgan fingerprint density at radius 2 is 1.96 bits per heavy atom. The molecular formula is C21H31ClN2O. The largest absolute Gasteiger partial charge is 0.493 e. The highest BCUT2D eigenvalue weighted by molar-refractivity contribution is 6.30. The molecule has 2 N–H and O–H groups in total. The topological polar surface area (TPSA) is 38.5 Å². The maximum Gasteiger partial charge on any atom is 0.123 e. The Balaban J connectivity index is 1.36. The van der Waals surface area contributed by atoms with Crippen LogP contribution in [0.2, 0.25) is 5.02 Å². The second-order valence-corrected chi connectivity index (χ2v) is 8.90. The summed E-state index contributed by atoms with van der Waals surface area (Å²) in [5.41, 5.74) is 8.06. The number of benzene rings is 1. The van der Waals surface area contributed by atoms with Gasteiger partial charge in [-0.1, -0.05) is 37.3 Å². The van der Waals surface area contributed by atoms with Crippen LogP contribution >= 0.6 is 11.6 Å².